The van der Waals surface area contributed by atoms with E-state index in [0.717, 1.165) is 54.9 Å². The molecule has 1 aromatic heterocycles. The molecule has 0 radical (unpaired) electrons. The van der Waals surface area contributed by atoms with Crippen molar-refractivity contribution in [2.24, 2.45) is 4.99 Å². The second-order valence-electron chi connectivity index (χ2n) is 10.5. The van der Waals surface area contributed by atoms with Crippen LogP contribution in [0.3, 0.4) is 0 Å². The smallest absolute Gasteiger partial charge is 0.331 e. The van der Waals surface area contributed by atoms with Gasteiger partial charge in [0.15, 0.2) is 5.49 Å². The molecule has 2 N–H and O–H groups in total. The van der Waals surface area contributed by atoms with Gasteiger partial charge in [0, 0.05) is 26.6 Å². The molecule has 1 amide bonds. The summed E-state index contributed by atoms with van der Waals surface area (Å²) >= 11 is 0. The second kappa shape index (κ2) is 11.5. The van der Waals surface area contributed by atoms with Gasteiger partial charge in [-0.25, -0.2) is 9.79 Å². The maximum Gasteiger partial charge on any atom is 0.331 e. The highest BCUT2D eigenvalue weighted by molar-refractivity contribution is 5.76. The number of hydrogen-bond acceptors (Lipinski definition) is 7. The van der Waals surface area contributed by atoms with Crippen molar-refractivity contribution in [2.45, 2.75) is 50.6 Å². The fourth-order valence-electron chi connectivity index (χ4n) is 5.57. The van der Waals surface area contributed by atoms with Gasteiger partial charge in [0.05, 0.1) is 12.1 Å². The van der Waals surface area contributed by atoms with Gasteiger partial charge in [-0.15, -0.1) is 0 Å². The number of nitrogens with zero attached hydrogens (tertiary/aromatic N) is 5. The fraction of sp³-hybridized carbons (Fsp3) is 0.536. The van der Waals surface area contributed by atoms with Crippen molar-refractivity contribution in [2.75, 3.05) is 47.4 Å². The van der Waals surface area contributed by atoms with Gasteiger partial charge in [0.25, 0.3) is 0 Å². The van der Waals surface area contributed by atoms with Gasteiger partial charge in [0.1, 0.15) is 29.4 Å². The van der Waals surface area contributed by atoms with Crippen LogP contribution in [0.5, 0.6) is 0 Å². The Bertz CT molecular complexity index is 1360. The molecule has 1 unspecified atom stereocenters. The molecule has 2 atom stereocenters. The third-order valence-corrected chi connectivity index (χ3v) is 7.51. The third-order valence-electron chi connectivity index (χ3n) is 7.51. The number of likely N-dealkylation sites (tertiary alicyclic amines) is 1. The summed E-state index contributed by atoms with van der Waals surface area (Å²) in [6.45, 7) is 2.48. The minimum atomic E-state index is -0.163. The molecule has 2 aliphatic carbocycles. The highest BCUT2D eigenvalue weighted by Crippen LogP contribution is 2.24. The molecule has 0 saturated carbocycles. The second-order valence-corrected chi connectivity index (χ2v) is 10.5. The number of carbonyl (C=O) groups is 1. The van der Waals surface area contributed by atoms with Crippen LogP contribution in [0.1, 0.15) is 50.6 Å². The molecule has 3 heterocycles. The van der Waals surface area contributed by atoms with E-state index in [0.29, 0.717) is 38.1 Å². The van der Waals surface area contributed by atoms with Gasteiger partial charge >= 0.3 is 5.69 Å². The van der Waals surface area contributed by atoms with Crippen LogP contribution in [0, 0.1) is 0 Å². The van der Waals surface area contributed by atoms with Crippen molar-refractivity contribution < 1.29 is 9.53 Å². The number of carbonyl (C=O) groups excluding carboxylic acids is 1. The molecule has 0 aromatic carbocycles. The predicted molar refractivity (Wildman–Crippen MR) is 146 cm³/mol. The standard InChI is InChI=1S/C28H39N7O3/c1-29-26-25-27(31-19-30-26)35(21-15-17-33(18-21)24(36)10-7-16-32(2)3)28(37)34(25)20-11-13-23(14-12-20)38-22-8-5-4-6-9-22/h5,8-9,11,13-14,20-21,29-30H,4,6-7,10,12,15-19H2,1-3H3/t20-,21?/m0/s1. The first-order chi connectivity index (χ1) is 18.5. The Hall–Kier alpha value is -3.53. The monoisotopic (exact) mass is 521 g/mol. The Morgan fingerprint density at radius 3 is 2.76 bits per heavy atom. The molecular formula is C28H39N7O3. The number of rotatable bonds is 9. The highest BCUT2D eigenvalue weighted by atomic mass is 16.5. The van der Waals surface area contributed by atoms with Crippen molar-refractivity contribution in [1.82, 2.24) is 29.6 Å². The zero-order chi connectivity index (χ0) is 26.6. The van der Waals surface area contributed by atoms with E-state index in [1.165, 1.54) is 0 Å². The molecule has 4 aliphatic rings. The number of allylic oxidation sites excluding steroid dienone is 6. The van der Waals surface area contributed by atoms with E-state index in [1.807, 2.05) is 59.5 Å². The molecule has 10 heteroatoms. The zero-order valence-electron chi connectivity index (χ0n) is 22.7. The number of aromatic nitrogens is 2. The Kier molecular flexibility index (Phi) is 7.87. The normalized spacial score (nSPS) is 22.5. The lowest BCUT2D eigenvalue weighted by Crippen LogP contribution is -2.48. The van der Waals surface area contributed by atoms with Crippen LogP contribution in [0.2, 0.25) is 0 Å². The van der Waals surface area contributed by atoms with Crippen LogP contribution < -0.4 is 27.2 Å². The van der Waals surface area contributed by atoms with Gasteiger partial charge in [-0.3, -0.25) is 13.9 Å². The van der Waals surface area contributed by atoms with Crippen molar-refractivity contribution >= 4 is 11.7 Å². The summed E-state index contributed by atoms with van der Waals surface area (Å²) in [7, 11) is 5.88. The van der Waals surface area contributed by atoms with Crippen LogP contribution in [-0.2, 0) is 9.53 Å². The van der Waals surface area contributed by atoms with Gasteiger partial charge < -0.3 is 25.2 Å². The molecule has 0 bridgehead atoms. The molecule has 1 aromatic rings. The Morgan fingerprint density at radius 2 is 2.05 bits per heavy atom. The fourth-order valence-corrected chi connectivity index (χ4v) is 5.57. The summed E-state index contributed by atoms with van der Waals surface area (Å²) in [5, 5.41) is 7.26. The van der Waals surface area contributed by atoms with Crippen molar-refractivity contribution in [1.29, 1.82) is 0 Å². The van der Waals surface area contributed by atoms with Gasteiger partial charge in [-0.1, -0.05) is 12.2 Å². The first-order valence-electron chi connectivity index (χ1n) is 13.6. The Morgan fingerprint density at radius 1 is 1.21 bits per heavy atom. The summed E-state index contributed by atoms with van der Waals surface area (Å²) in [4.78, 5) is 35.6. The Balaban J connectivity index is 1.40. The lowest BCUT2D eigenvalue weighted by molar-refractivity contribution is -0.130. The van der Waals surface area contributed by atoms with Gasteiger partial charge in [-0.05, 0) is 77.0 Å². The largest absolute Gasteiger partial charge is 0.458 e. The molecular weight excluding hydrogens is 482 g/mol. The van der Waals surface area contributed by atoms with E-state index in [1.54, 1.807) is 0 Å². The minimum absolute atomic E-state index is 0.0903. The zero-order valence-corrected chi connectivity index (χ0v) is 22.7. The van der Waals surface area contributed by atoms with E-state index in [2.05, 4.69) is 27.7 Å². The van der Waals surface area contributed by atoms with Crippen LogP contribution in [0.15, 0.2) is 57.8 Å². The van der Waals surface area contributed by atoms with Gasteiger partial charge in [-0.2, -0.15) is 0 Å². The molecule has 0 spiro atoms. The highest BCUT2D eigenvalue weighted by Gasteiger charge is 2.32. The lowest BCUT2D eigenvalue weighted by atomic mass is 10.1. The molecule has 204 valence electrons. The third kappa shape index (κ3) is 5.36. The quantitative estimate of drug-likeness (QED) is 0.501. The lowest BCUT2D eigenvalue weighted by Gasteiger charge is -2.20. The summed E-state index contributed by atoms with van der Waals surface area (Å²) in [6, 6.07) is -0.258. The number of nitrogens with one attached hydrogen (secondary N) is 2. The van der Waals surface area contributed by atoms with E-state index in [-0.39, 0.29) is 23.7 Å². The molecule has 10 nitrogen and oxygen atoms in total. The van der Waals surface area contributed by atoms with E-state index in [9.17, 15) is 9.59 Å². The number of imidazole rings is 1. The molecule has 38 heavy (non-hydrogen) atoms. The van der Waals surface area contributed by atoms with Crippen molar-refractivity contribution in [3.63, 3.8) is 0 Å². The molecule has 2 aliphatic heterocycles. The number of amides is 1. The minimum Gasteiger partial charge on any atom is -0.458 e. The summed E-state index contributed by atoms with van der Waals surface area (Å²) in [6.07, 6.45) is 17.0. The van der Waals surface area contributed by atoms with E-state index < -0.39 is 0 Å². The van der Waals surface area contributed by atoms with Crippen LogP contribution in [-0.4, -0.2) is 72.3 Å². The summed E-state index contributed by atoms with van der Waals surface area (Å²) < 4.78 is 9.69. The first kappa shape index (κ1) is 26.1. The molecule has 1 fully saturated rings. The van der Waals surface area contributed by atoms with Crippen LogP contribution >= 0.6 is 0 Å². The summed E-state index contributed by atoms with van der Waals surface area (Å²) in [5.41, 5.74) is 0.592. The van der Waals surface area contributed by atoms with Crippen molar-refractivity contribution in [3.05, 3.63) is 69.3 Å². The SMILES string of the molecule is CNC1=c2c(n(C3CCN(C(=O)CCCN(C)C)C3)c(=O)n2[C@H]2C=CC(OC3=CCCC=C3)=CC2)=NCN1. The Labute approximate surface area is 223 Å². The van der Waals surface area contributed by atoms with E-state index in [4.69, 9.17) is 9.73 Å². The van der Waals surface area contributed by atoms with Crippen LogP contribution in [0.4, 0.5) is 0 Å². The maximum atomic E-state index is 14.0. The summed E-state index contributed by atoms with van der Waals surface area (Å²) in [5.74, 6) is 2.60. The number of fused-ring (bicyclic) bond motifs is 1. The van der Waals surface area contributed by atoms with Crippen LogP contribution in [0.25, 0.3) is 5.82 Å². The maximum absolute atomic E-state index is 14.0. The van der Waals surface area contributed by atoms with E-state index >= 15 is 0 Å². The number of hydrogen-bond donors (Lipinski definition) is 2. The predicted octanol–water partition coefficient (Wildman–Crippen LogP) is 0.866. The number of ether oxygens (including phenoxy) is 1. The average Bonchev–Trinajstić information content (AvgIpc) is 3.51. The molecule has 5 rings (SSSR count). The topological polar surface area (TPSA) is 96.1 Å². The van der Waals surface area contributed by atoms with Gasteiger partial charge in [0.2, 0.25) is 5.91 Å². The molecule has 1 saturated heterocycles. The average molecular weight is 522 g/mol. The first-order valence-corrected chi connectivity index (χ1v) is 13.6. The van der Waals surface area contributed by atoms with Crippen molar-refractivity contribution in [3.8, 4) is 0 Å².